The van der Waals surface area contributed by atoms with E-state index >= 15 is 0 Å². The highest BCUT2D eigenvalue weighted by molar-refractivity contribution is 6.34. The van der Waals surface area contributed by atoms with Gasteiger partial charge in [0.1, 0.15) is 0 Å². The van der Waals surface area contributed by atoms with Gasteiger partial charge in [-0.05, 0) is 158 Å². The van der Waals surface area contributed by atoms with Crippen molar-refractivity contribution in [3.63, 3.8) is 0 Å². The second-order valence-electron chi connectivity index (χ2n) is 21.2. The standard InChI is InChI=1S/C49H72N4O4/c1-33(2)36-17-22-49(50-25-28-51-29-31-53(32-30-51)43(55)42(54)52-26-9-8-10-27-52)24-23-47(6)38(41(36)49)15-16-40-46(5)20-18-37(34-11-13-35(14-12-34)44(56)57)45(3,4)39(46)19-21-48(40,47)7/h11-14,18,36,38-41,50H,1,8-10,15-17,19-32H2,2-7H3,(H,56,57)/t36-,38?,39?,40?,41?,46-,47+,48+,49-/m0/s1. The number of piperidine rings is 1. The van der Waals surface area contributed by atoms with E-state index in [1.54, 1.807) is 21.9 Å². The summed E-state index contributed by atoms with van der Waals surface area (Å²) in [5, 5.41) is 13.8. The maximum atomic E-state index is 13.1. The lowest BCUT2D eigenvalue weighted by atomic mass is 9.33. The summed E-state index contributed by atoms with van der Waals surface area (Å²) in [6, 6.07) is 7.61. The van der Waals surface area contributed by atoms with Crippen LogP contribution in [0.5, 0.6) is 0 Å². The maximum Gasteiger partial charge on any atom is 0.335 e. The lowest BCUT2D eigenvalue weighted by Gasteiger charge is -2.72. The molecule has 2 aliphatic heterocycles. The van der Waals surface area contributed by atoms with Crippen LogP contribution in [0.15, 0.2) is 42.5 Å². The number of allylic oxidation sites excluding steroid dienone is 3. The maximum absolute atomic E-state index is 13.1. The van der Waals surface area contributed by atoms with Crippen LogP contribution < -0.4 is 5.32 Å². The summed E-state index contributed by atoms with van der Waals surface area (Å²) in [5.41, 5.74) is 5.22. The molecule has 0 bridgehead atoms. The number of carboxylic acid groups (broad SMARTS) is 1. The van der Waals surface area contributed by atoms with Gasteiger partial charge in [0.05, 0.1) is 5.56 Å². The fourth-order valence-corrected chi connectivity index (χ4v) is 15.3. The number of fused-ring (bicyclic) bond motifs is 7. The number of carbonyl (C=O) groups excluding carboxylic acids is 2. The molecule has 6 fully saturated rings. The Hall–Kier alpha value is -2.97. The first-order valence-corrected chi connectivity index (χ1v) is 22.8. The normalized spacial score (nSPS) is 38.9. The highest BCUT2D eigenvalue weighted by atomic mass is 16.4. The minimum absolute atomic E-state index is 0.00559. The van der Waals surface area contributed by atoms with E-state index in [-0.39, 0.29) is 39.0 Å². The third-order valence-electron chi connectivity index (χ3n) is 18.5. The molecule has 1 aromatic carbocycles. The molecule has 57 heavy (non-hydrogen) atoms. The van der Waals surface area contributed by atoms with Crippen LogP contribution in [0.4, 0.5) is 0 Å². The Bertz CT molecular complexity index is 1770. The van der Waals surface area contributed by atoms with E-state index in [4.69, 9.17) is 0 Å². The molecule has 8 rings (SSSR count). The molecule has 0 radical (unpaired) electrons. The molecule has 8 nitrogen and oxygen atoms in total. The molecule has 0 aromatic heterocycles. The predicted molar refractivity (Wildman–Crippen MR) is 227 cm³/mol. The van der Waals surface area contributed by atoms with Crippen LogP contribution in [0.3, 0.4) is 0 Å². The molecule has 2 saturated heterocycles. The number of carboxylic acids is 1. The molecule has 8 heteroatoms. The van der Waals surface area contributed by atoms with Crippen LogP contribution in [0.1, 0.15) is 135 Å². The fourth-order valence-electron chi connectivity index (χ4n) is 15.3. The summed E-state index contributed by atoms with van der Waals surface area (Å²) in [5.74, 6) is 1.62. The van der Waals surface area contributed by atoms with Crippen molar-refractivity contribution in [1.82, 2.24) is 20.0 Å². The van der Waals surface area contributed by atoms with E-state index in [1.165, 1.54) is 68.1 Å². The van der Waals surface area contributed by atoms with Crippen molar-refractivity contribution in [3.05, 3.63) is 53.6 Å². The Morgan fingerprint density at radius 3 is 2.09 bits per heavy atom. The van der Waals surface area contributed by atoms with Gasteiger partial charge in [0.25, 0.3) is 0 Å². The molecule has 2 N–H and O–H groups in total. The van der Waals surface area contributed by atoms with Crippen LogP contribution in [0, 0.1) is 51.2 Å². The van der Waals surface area contributed by atoms with Crippen molar-refractivity contribution in [3.8, 4) is 0 Å². The Morgan fingerprint density at radius 2 is 1.44 bits per heavy atom. The molecule has 1 aromatic rings. The number of hydrogen-bond donors (Lipinski definition) is 2. The Kier molecular flexibility index (Phi) is 10.7. The minimum atomic E-state index is -0.868. The van der Waals surface area contributed by atoms with Gasteiger partial charge in [0.15, 0.2) is 0 Å². The van der Waals surface area contributed by atoms with Gasteiger partial charge in [-0.3, -0.25) is 14.5 Å². The molecule has 5 aliphatic carbocycles. The lowest BCUT2D eigenvalue weighted by Crippen LogP contribution is -2.68. The average Bonchev–Trinajstić information content (AvgIpc) is 3.58. The van der Waals surface area contributed by atoms with Crippen LogP contribution >= 0.6 is 0 Å². The van der Waals surface area contributed by atoms with E-state index in [0.29, 0.717) is 48.2 Å². The van der Waals surface area contributed by atoms with Gasteiger partial charge in [0, 0.05) is 57.9 Å². The summed E-state index contributed by atoms with van der Waals surface area (Å²) >= 11 is 0. The summed E-state index contributed by atoms with van der Waals surface area (Å²) in [7, 11) is 0. The second kappa shape index (κ2) is 14.9. The SMILES string of the molecule is C=C(C)[C@@H]1CC[C@]2(NCCN3CCN(C(=O)C(=O)N4CCCCC4)CC3)CC[C@]3(C)C(CCC4[C@@]5(C)CC=C(c6ccc(C(=O)O)cc6)C(C)(C)C5CC[C@]43C)C12. The number of rotatable bonds is 7. The molecule has 2 amide bonds. The van der Waals surface area contributed by atoms with Crippen molar-refractivity contribution >= 4 is 23.4 Å². The molecule has 7 aliphatic rings. The van der Waals surface area contributed by atoms with Crippen LogP contribution in [0.25, 0.3) is 5.57 Å². The first kappa shape index (κ1) is 40.8. The summed E-state index contributed by atoms with van der Waals surface area (Å²) < 4.78 is 0. The van der Waals surface area contributed by atoms with E-state index in [1.807, 2.05) is 12.1 Å². The zero-order valence-electron chi connectivity index (χ0n) is 36.1. The van der Waals surface area contributed by atoms with Gasteiger partial charge in [-0.15, -0.1) is 0 Å². The predicted octanol–water partition coefficient (Wildman–Crippen LogP) is 8.53. The van der Waals surface area contributed by atoms with Gasteiger partial charge in [-0.1, -0.05) is 65.0 Å². The van der Waals surface area contributed by atoms with E-state index in [0.717, 1.165) is 65.0 Å². The number of carbonyl (C=O) groups is 3. The highest BCUT2D eigenvalue weighted by Crippen LogP contribution is 2.76. The van der Waals surface area contributed by atoms with Crippen molar-refractivity contribution in [2.75, 3.05) is 52.4 Å². The molecule has 0 spiro atoms. The summed E-state index contributed by atoms with van der Waals surface area (Å²) in [6.45, 7) is 26.3. The molecule has 312 valence electrons. The highest BCUT2D eigenvalue weighted by Gasteiger charge is 2.70. The van der Waals surface area contributed by atoms with Crippen LogP contribution in [-0.4, -0.2) is 95.5 Å². The van der Waals surface area contributed by atoms with Gasteiger partial charge >= 0.3 is 17.8 Å². The fraction of sp³-hybridized carbons (Fsp3) is 0.735. The zero-order valence-corrected chi connectivity index (χ0v) is 36.1. The van der Waals surface area contributed by atoms with Crippen LogP contribution in [-0.2, 0) is 9.59 Å². The van der Waals surface area contributed by atoms with Crippen molar-refractivity contribution in [1.29, 1.82) is 0 Å². The molecule has 4 saturated carbocycles. The van der Waals surface area contributed by atoms with Crippen molar-refractivity contribution in [2.24, 2.45) is 51.2 Å². The van der Waals surface area contributed by atoms with E-state index in [9.17, 15) is 19.5 Å². The number of benzene rings is 1. The monoisotopic (exact) mass is 781 g/mol. The third kappa shape index (κ3) is 6.57. The Morgan fingerprint density at radius 1 is 0.772 bits per heavy atom. The number of likely N-dealkylation sites (tertiary alicyclic amines) is 1. The number of hydrogen-bond acceptors (Lipinski definition) is 5. The molecular weight excluding hydrogens is 709 g/mol. The van der Waals surface area contributed by atoms with Gasteiger partial charge < -0.3 is 20.2 Å². The Balaban J connectivity index is 0.957. The number of piperazine rings is 1. The van der Waals surface area contributed by atoms with Crippen molar-refractivity contribution in [2.45, 2.75) is 124 Å². The molecule has 2 heterocycles. The van der Waals surface area contributed by atoms with E-state index in [2.05, 4.69) is 64.4 Å². The van der Waals surface area contributed by atoms with Gasteiger partial charge in [0.2, 0.25) is 0 Å². The number of nitrogens with one attached hydrogen (secondary N) is 1. The van der Waals surface area contributed by atoms with Gasteiger partial charge in [-0.2, -0.15) is 0 Å². The van der Waals surface area contributed by atoms with E-state index < -0.39 is 5.97 Å². The van der Waals surface area contributed by atoms with Crippen LogP contribution in [0.2, 0.25) is 0 Å². The number of nitrogens with zero attached hydrogens (tertiary/aromatic N) is 3. The molecule has 4 unspecified atom stereocenters. The number of aromatic carboxylic acids is 1. The van der Waals surface area contributed by atoms with Crippen molar-refractivity contribution < 1.29 is 19.5 Å². The number of amides is 2. The largest absolute Gasteiger partial charge is 0.478 e. The Labute approximate surface area is 343 Å². The second-order valence-corrected chi connectivity index (χ2v) is 21.2. The third-order valence-corrected chi connectivity index (χ3v) is 18.5. The summed E-state index contributed by atoms with van der Waals surface area (Å²) in [6.07, 6.45) is 16.9. The lowest BCUT2D eigenvalue weighted by molar-refractivity contribution is -0.219. The first-order chi connectivity index (χ1) is 27.1. The summed E-state index contributed by atoms with van der Waals surface area (Å²) in [4.78, 5) is 43.6. The smallest absolute Gasteiger partial charge is 0.335 e. The van der Waals surface area contributed by atoms with Gasteiger partial charge in [-0.25, -0.2) is 4.79 Å². The zero-order chi connectivity index (χ0) is 40.5. The average molecular weight is 781 g/mol. The molecular formula is C49H72N4O4. The first-order valence-electron chi connectivity index (χ1n) is 22.8. The topological polar surface area (TPSA) is 93.2 Å². The quantitative estimate of drug-likeness (QED) is 0.213. The minimum Gasteiger partial charge on any atom is -0.478 e. The molecule has 9 atom stereocenters.